The number of hydrogen-bond donors (Lipinski definition) is 0. The summed E-state index contributed by atoms with van der Waals surface area (Å²) >= 11 is 3.42. The van der Waals surface area contributed by atoms with Crippen molar-refractivity contribution in [3.05, 3.63) is 46.9 Å². The Bertz CT molecular complexity index is 1120. The molecule has 27 heavy (non-hydrogen) atoms. The van der Waals surface area contributed by atoms with Crippen LogP contribution >= 0.6 is 23.1 Å². The number of nitrogens with zero attached hydrogens (tertiary/aromatic N) is 4. The predicted molar refractivity (Wildman–Crippen MR) is 105 cm³/mol. The molecule has 0 atom stereocenters. The zero-order valence-corrected chi connectivity index (χ0v) is 16.3. The average molecular weight is 396 g/mol. The van der Waals surface area contributed by atoms with Crippen LogP contribution in [0.25, 0.3) is 21.6 Å². The molecule has 3 heterocycles. The molecule has 0 unspecified atom stereocenters. The summed E-state index contributed by atoms with van der Waals surface area (Å²) in [4.78, 5) is 16.0. The molecule has 0 aliphatic heterocycles. The summed E-state index contributed by atoms with van der Waals surface area (Å²) in [6.07, 6.45) is 5.15. The van der Waals surface area contributed by atoms with Gasteiger partial charge in [0.2, 0.25) is 11.7 Å². The summed E-state index contributed by atoms with van der Waals surface area (Å²) in [6, 6.07) is 7.63. The molecule has 0 radical (unpaired) electrons. The topological polar surface area (TPSA) is 73.9 Å². The van der Waals surface area contributed by atoms with Crippen LogP contribution in [-0.2, 0) is 18.6 Å². The second kappa shape index (κ2) is 6.94. The summed E-state index contributed by atoms with van der Waals surface area (Å²) in [6.45, 7) is 0. The summed E-state index contributed by atoms with van der Waals surface area (Å²) in [5.41, 5.74) is 2.30. The Morgan fingerprint density at radius 1 is 1.26 bits per heavy atom. The lowest BCUT2D eigenvalue weighted by Gasteiger charge is -2.01. The first kappa shape index (κ1) is 16.7. The molecule has 0 bridgehead atoms. The lowest BCUT2D eigenvalue weighted by Crippen LogP contribution is -1.89. The van der Waals surface area contributed by atoms with Gasteiger partial charge < -0.3 is 9.26 Å². The van der Waals surface area contributed by atoms with Crippen molar-refractivity contribution in [2.75, 3.05) is 7.11 Å². The molecule has 0 fully saturated rings. The fraction of sp³-hybridized carbons (Fsp3) is 0.263. The predicted octanol–water partition coefficient (Wildman–Crippen LogP) is 4.53. The highest BCUT2D eigenvalue weighted by molar-refractivity contribution is 7.98. The van der Waals surface area contributed by atoms with Gasteiger partial charge in [0.25, 0.3) is 0 Å². The van der Waals surface area contributed by atoms with Crippen LogP contribution in [0.4, 0.5) is 0 Å². The quantitative estimate of drug-likeness (QED) is 0.362. The molecule has 1 aliphatic rings. The normalized spacial score (nSPS) is 13.2. The molecule has 6 nitrogen and oxygen atoms in total. The smallest absolute Gasteiger partial charge is 0.237 e. The van der Waals surface area contributed by atoms with Gasteiger partial charge in [-0.25, -0.2) is 9.97 Å². The van der Waals surface area contributed by atoms with Crippen LogP contribution in [0.5, 0.6) is 5.75 Å². The molecule has 0 saturated heterocycles. The van der Waals surface area contributed by atoms with Crippen LogP contribution in [0.15, 0.2) is 40.1 Å². The molecule has 1 aromatic carbocycles. The van der Waals surface area contributed by atoms with Crippen LogP contribution in [0.3, 0.4) is 0 Å². The molecular weight excluding hydrogens is 380 g/mol. The van der Waals surface area contributed by atoms with E-state index < -0.39 is 0 Å². The molecule has 8 heteroatoms. The first-order valence-electron chi connectivity index (χ1n) is 8.67. The van der Waals surface area contributed by atoms with Crippen LogP contribution in [-0.4, -0.2) is 27.2 Å². The maximum atomic E-state index is 5.44. The van der Waals surface area contributed by atoms with Crippen molar-refractivity contribution in [2.24, 2.45) is 0 Å². The van der Waals surface area contributed by atoms with Gasteiger partial charge in [-0.1, -0.05) is 29.1 Å². The largest absolute Gasteiger partial charge is 0.497 e. The Morgan fingerprint density at radius 2 is 2.22 bits per heavy atom. The number of hydrogen-bond acceptors (Lipinski definition) is 8. The van der Waals surface area contributed by atoms with E-state index in [1.165, 1.54) is 22.2 Å². The molecule has 1 aliphatic carbocycles. The number of aryl methyl sites for hydroxylation is 2. The van der Waals surface area contributed by atoms with E-state index in [0.717, 1.165) is 34.0 Å². The van der Waals surface area contributed by atoms with Crippen molar-refractivity contribution in [1.29, 1.82) is 0 Å². The molecule has 0 spiro atoms. The summed E-state index contributed by atoms with van der Waals surface area (Å²) in [7, 11) is 1.64. The van der Waals surface area contributed by atoms with E-state index >= 15 is 0 Å². The monoisotopic (exact) mass is 396 g/mol. The average Bonchev–Trinajstić information content (AvgIpc) is 3.42. The number of aromatic nitrogens is 4. The number of benzene rings is 1. The standard InChI is InChI=1S/C19H16N4O2S2/c1-24-12-5-2-4-11(8-12)17-22-15(25-23-17)9-26-18-16-13-6-3-7-14(13)27-19(16)21-10-20-18/h2,4-5,8,10H,3,6-7,9H2,1H3. The van der Waals surface area contributed by atoms with Crippen molar-refractivity contribution in [3.63, 3.8) is 0 Å². The zero-order valence-electron chi connectivity index (χ0n) is 14.6. The Kier molecular flexibility index (Phi) is 4.29. The van der Waals surface area contributed by atoms with Crippen LogP contribution in [0, 0.1) is 0 Å². The van der Waals surface area contributed by atoms with E-state index in [1.54, 1.807) is 36.5 Å². The number of thiophene rings is 1. The van der Waals surface area contributed by atoms with Crippen LogP contribution in [0.2, 0.25) is 0 Å². The fourth-order valence-corrected chi connectivity index (χ4v) is 5.49. The third-order valence-electron chi connectivity index (χ3n) is 4.59. The zero-order chi connectivity index (χ0) is 18.2. The highest BCUT2D eigenvalue weighted by atomic mass is 32.2. The molecule has 0 N–H and O–H groups in total. The van der Waals surface area contributed by atoms with Gasteiger partial charge in [-0.2, -0.15) is 4.98 Å². The van der Waals surface area contributed by atoms with Gasteiger partial charge in [-0.05, 0) is 37.0 Å². The fourth-order valence-electron chi connectivity index (χ4n) is 3.33. The number of thioether (sulfide) groups is 1. The van der Waals surface area contributed by atoms with Crippen LogP contribution < -0.4 is 4.74 Å². The third-order valence-corrected chi connectivity index (χ3v) is 6.77. The Hall–Kier alpha value is -2.45. The molecule has 5 rings (SSSR count). The molecule has 4 aromatic rings. The van der Waals surface area contributed by atoms with E-state index in [-0.39, 0.29) is 0 Å². The number of fused-ring (bicyclic) bond motifs is 3. The van der Waals surface area contributed by atoms with E-state index in [1.807, 2.05) is 24.3 Å². The molecular formula is C19H16N4O2S2. The first-order chi connectivity index (χ1) is 13.3. The number of rotatable bonds is 5. The highest BCUT2D eigenvalue weighted by Crippen LogP contribution is 2.40. The number of ether oxygens (including phenoxy) is 1. The Labute approximate surface area is 164 Å². The van der Waals surface area contributed by atoms with Gasteiger partial charge >= 0.3 is 0 Å². The van der Waals surface area contributed by atoms with Gasteiger partial charge in [0.05, 0.1) is 12.9 Å². The lowest BCUT2D eigenvalue weighted by atomic mass is 10.2. The van der Waals surface area contributed by atoms with Crippen molar-refractivity contribution >= 4 is 33.3 Å². The third kappa shape index (κ3) is 3.08. The van der Waals surface area contributed by atoms with Crippen molar-refractivity contribution < 1.29 is 9.26 Å². The van der Waals surface area contributed by atoms with E-state index in [0.29, 0.717) is 17.5 Å². The minimum absolute atomic E-state index is 0.564. The van der Waals surface area contributed by atoms with Gasteiger partial charge in [0.1, 0.15) is 21.9 Å². The number of methoxy groups -OCH3 is 1. The van der Waals surface area contributed by atoms with Crippen molar-refractivity contribution in [2.45, 2.75) is 30.0 Å². The van der Waals surface area contributed by atoms with Gasteiger partial charge in [0, 0.05) is 15.8 Å². The molecule has 136 valence electrons. The summed E-state index contributed by atoms with van der Waals surface area (Å²) < 4.78 is 10.7. The second-order valence-corrected chi connectivity index (χ2v) is 8.30. The summed E-state index contributed by atoms with van der Waals surface area (Å²) in [5.74, 6) is 2.49. The lowest BCUT2D eigenvalue weighted by molar-refractivity contribution is 0.391. The van der Waals surface area contributed by atoms with Gasteiger partial charge in [0.15, 0.2) is 0 Å². The van der Waals surface area contributed by atoms with E-state index in [2.05, 4.69) is 20.1 Å². The highest BCUT2D eigenvalue weighted by Gasteiger charge is 2.21. The van der Waals surface area contributed by atoms with Crippen molar-refractivity contribution in [3.8, 4) is 17.1 Å². The summed E-state index contributed by atoms with van der Waals surface area (Å²) in [5, 5.41) is 6.31. The van der Waals surface area contributed by atoms with Crippen molar-refractivity contribution in [1.82, 2.24) is 20.1 Å². The SMILES string of the molecule is COc1cccc(-c2noc(CSc3ncnc4sc5c(c34)CCC5)n2)c1. The Balaban J connectivity index is 1.38. The van der Waals surface area contributed by atoms with E-state index in [4.69, 9.17) is 9.26 Å². The van der Waals surface area contributed by atoms with E-state index in [9.17, 15) is 0 Å². The minimum atomic E-state index is 0.564. The van der Waals surface area contributed by atoms with Gasteiger partial charge in [-0.15, -0.1) is 11.3 Å². The maximum Gasteiger partial charge on any atom is 0.237 e. The first-order valence-corrected chi connectivity index (χ1v) is 10.5. The molecule has 0 saturated carbocycles. The van der Waals surface area contributed by atoms with Gasteiger partial charge in [-0.3, -0.25) is 0 Å². The maximum absolute atomic E-state index is 5.44. The Morgan fingerprint density at radius 3 is 3.15 bits per heavy atom. The molecule has 3 aromatic heterocycles. The van der Waals surface area contributed by atoms with Crippen LogP contribution in [0.1, 0.15) is 22.8 Å². The molecule has 0 amide bonds. The second-order valence-electron chi connectivity index (χ2n) is 6.25. The minimum Gasteiger partial charge on any atom is -0.497 e.